The van der Waals surface area contributed by atoms with E-state index < -0.39 is 0 Å². The fourth-order valence-electron chi connectivity index (χ4n) is 4.73. The van der Waals surface area contributed by atoms with Crippen LogP contribution in [-0.4, -0.2) is 0 Å². The van der Waals surface area contributed by atoms with E-state index in [0.717, 1.165) is 28.4 Å². The molecule has 1 N–H and O–H groups in total. The molecular formula is C38H34N2. The molecular weight excluding hydrogens is 484 g/mol. The largest absolute Gasteiger partial charge is 0.355 e. The van der Waals surface area contributed by atoms with Gasteiger partial charge < -0.3 is 10.2 Å². The summed E-state index contributed by atoms with van der Waals surface area (Å²) in [6.45, 7) is 4.00. The summed E-state index contributed by atoms with van der Waals surface area (Å²) in [4.78, 5) is 2.31. The minimum absolute atomic E-state index is 1.04. The van der Waals surface area contributed by atoms with Gasteiger partial charge in [0, 0.05) is 28.4 Å². The van der Waals surface area contributed by atoms with Crippen LogP contribution in [0.5, 0.6) is 0 Å². The normalized spacial score (nSPS) is 10.2. The SMILES string of the molecule is CC.c1ccc(Nc2cccc(N(c3ccc(-c4ccccc4)cc3)c3ccc(-c4ccccc4)cc3)c2)cc1. The van der Waals surface area contributed by atoms with Crippen molar-refractivity contribution in [2.24, 2.45) is 0 Å². The van der Waals surface area contributed by atoms with E-state index in [4.69, 9.17) is 0 Å². The number of nitrogens with zero attached hydrogens (tertiary/aromatic N) is 1. The Bertz CT molecular complexity index is 1510. The Morgan fingerprint density at radius 2 is 0.750 bits per heavy atom. The average Bonchev–Trinajstić information content (AvgIpc) is 3.04. The predicted octanol–water partition coefficient (Wildman–Crippen LogP) is 11.3. The van der Waals surface area contributed by atoms with Crippen molar-refractivity contribution in [2.75, 3.05) is 10.2 Å². The molecule has 0 aromatic heterocycles. The van der Waals surface area contributed by atoms with Crippen molar-refractivity contribution in [1.29, 1.82) is 0 Å². The first-order chi connectivity index (χ1) is 19.8. The maximum atomic E-state index is 3.54. The summed E-state index contributed by atoms with van der Waals surface area (Å²) in [5, 5.41) is 3.54. The van der Waals surface area contributed by atoms with Crippen molar-refractivity contribution in [1.82, 2.24) is 0 Å². The number of nitrogens with one attached hydrogen (secondary N) is 1. The van der Waals surface area contributed by atoms with Gasteiger partial charge in [-0.25, -0.2) is 0 Å². The molecule has 0 spiro atoms. The van der Waals surface area contributed by atoms with Crippen LogP contribution >= 0.6 is 0 Å². The molecule has 0 aliphatic heterocycles. The van der Waals surface area contributed by atoms with Crippen LogP contribution in [0.2, 0.25) is 0 Å². The fourth-order valence-corrected chi connectivity index (χ4v) is 4.73. The molecule has 0 aliphatic rings. The highest BCUT2D eigenvalue weighted by atomic mass is 15.1. The van der Waals surface area contributed by atoms with Gasteiger partial charge in [-0.1, -0.05) is 123 Å². The first kappa shape index (κ1) is 26.5. The van der Waals surface area contributed by atoms with Crippen molar-refractivity contribution in [3.05, 3.63) is 164 Å². The van der Waals surface area contributed by atoms with Crippen LogP contribution in [0.25, 0.3) is 22.3 Å². The van der Waals surface area contributed by atoms with Crippen LogP contribution in [0.15, 0.2) is 164 Å². The van der Waals surface area contributed by atoms with E-state index in [0.29, 0.717) is 0 Å². The topological polar surface area (TPSA) is 15.3 Å². The smallest absolute Gasteiger partial charge is 0.0482 e. The molecule has 196 valence electrons. The van der Waals surface area contributed by atoms with Crippen LogP contribution < -0.4 is 10.2 Å². The van der Waals surface area contributed by atoms with Crippen LogP contribution in [0.1, 0.15) is 13.8 Å². The van der Waals surface area contributed by atoms with Gasteiger partial charge in [0.1, 0.15) is 0 Å². The molecule has 40 heavy (non-hydrogen) atoms. The monoisotopic (exact) mass is 518 g/mol. The Morgan fingerprint density at radius 3 is 1.23 bits per heavy atom. The molecule has 0 aliphatic carbocycles. The molecule has 0 bridgehead atoms. The van der Waals surface area contributed by atoms with Crippen molar-refractivity contribution in [2.45, 2.75) is 13.8 Å². The maximum absolute atomic E-state index is 3.54. The van der Waals surface area contributed by atoms with Crippen LogP contribution in [0, 0.1) is 0 Å². The molecule has 0 amide bonds. The average molecular weight is 519 g/mol. The Kier molecular flexibility index (Phi) is 8.70. The molecule has 0 heterocycles. The van der Waals surface area contributed by atoms with Gasteiger partial charge in [-0.2, -0.15) is 0 Å². The van der Waals surface area contributed by atoms with E-state index >= 15 is 0 Å². The van der Waals surface area contributed by atoms with Gasteiger partial charge in [0.25, 0.3) is 0 Å². The van der Waals surface area contributed by atoms with Crippen molar-refractivity contribution < 1.29 is 0 Å². The molecule has 0 unspecified atom stereocenters. The van der Waals surface area contributed by atoms with Gasteiger partial charge in [-0.05, 0) is 76.9 Å². The highest BCUT2D eigenvalue weighted by Gasteiger charge is 2.14. The van der Waals surface area contributed by atoms with Gasteiger partial charge >= 0.3 is 0 Å². The summed E-state index contributed by atoms with van der Waals surface area (Å²) >= 11 is 0. The molecule has 6 rings (SSSR count). The highest BCUT2D eigenvalue weighted by molar-refractivity contribution is 5.81. The molecule has 0 radical (unpaired) electrons. The summed E-state index contributed by atoms with van der Waals surface area (Å²) < 4.78 is 0. The molecule has 0 saturated heterocycles. The lowest BCUT2D eigenvalue weighted by molar-refractivity contribution is 1.28. The van der Waals surface area contributed by atoms with Crippen molar-refractivity contribution in [3.63, 3.8) is 0 Å². The quantitative estimate of drug-likeness (QED) is 0.226. The van der Waals surface area contributed by atoms with E-state index in [1.165, 1.54) is 22.3 Å². The second-order valence-corrected chi connectivity index (χ2v) is 9.20. The molecule has 6 aromatic rings. The van der Waals surface area contributed by atoms with E-state index in [1.807, 2.05) is 32.0 Å². The minimum atomic E-state index is 1.04. The third-order valence-corrected chi connectivity index (χ3v) is 6.63. The van der Waals surface area contributed by atoms with Gasteiger partial charge in [0.2, 0.25) is 0 Å². The Labute approximate surface area is 238 Å². The van der Waals surface area contributed by atoms with E-state index in [9.17, 15) is 0 Å². The van der Waals surface area contributed by atoms with Crippen LogP contribution in [0.4, 0.5) is 28.4 Å². The van der Waals surface area contributed by atoms with Crippen LogP contribution in [0.3, 0.4) is 0 Å². The van der Waals surface area contributed by atoms with Crippen molar-refractivity contribution >= 4 is 28.4 Å². The lowest BCUT2D eigenvalue weighted by atomic mass is 10.0. The second-order valence-electron chi connectivity index (χ2n) is 9.20. The van der Waals surface area contributed by atoms with Gasteiger partial charge in [0.05, 0.1) is 0 Å². The lowest BCUT2D eigenvalue weighted by Crippen LogP contribution is -2.10. The summed E-state index contributed by atoms with van der Waals surface area (Å²) in [5.41, 5.74) is 10.2. The van der Waals surface area contributed by atoms with Gasteiger partial charge in [-0.15, -0.1) is 0 Å². The summed E-state index contributed by atoms with van der Waals surface area (Å²) in [6.07, 6.45) is 0. The molecule has 0 atom stereocenters. The lowest BCUT2D eigenvalue weighted by Gasteiger charge is -2.26. The van der Waals surface area contributed by atoms with E-state index in [2.05, 4.69) is 156 Å². The number of benzene rings is 6. The highest BCUT2D eigenvalue weighted by Crippen LogP contribution is 2.38. The number of para-hydroxylation sites is 1. The Hall–Kier alpha value is -5.08. The molecule has 0 fully saturated rings. The molecule has 2 heteroatoms. The van der Waals surface area contributed by atoms with Crippen LogP contribution in [-0.2, 0) is 0 Å². The predicted molar refractivity (Wildman–Crippen MR) is 173 cm³/mol. The summed E-state index contributed by atoms with van der Waals surface area (Å²) in [7, 11) is 0. The van der Waals surface area contributed by atoms with Gasteiger partial charge in [0.15, 0.2) is 0 Å². The Balaban J connectivity index is 0.00000158. The molecule has 0 saturated carbocycles. The zero-order valence-corrected chi connectivity index (χ0v) is 23.0. The third-order valence-electron chi connectivity index (χ3n) is 6.63. The number of hydrogen-bond acceptors (Lipinski definition) is 2. The Morgan fingerprint density at radius 1 is 0.350 bits per heavy atom. The van der Waals surface area contributed by atoms with E-state index in [-0.39, 0.29) is 0 Å². The summed E-state index contributed by atoms with van der Waals surface area (Å²) in [6, 6.07) is 57.4. The summed E-state index contributed by atoms with van der Waals surface area (Å²) in [5.74, 6) is 0. The minimum Gasteiger partial charge on any atom is -0.355 e. The number of hydrogen-bond donors (Lipinski definition) is 1. The molecule has 6 aromatic carbocycles. The van der Waals surface area contributed by atoms with Gasteiger partial charge in [-0.3, -0.25) is 0 Å². The maximum Gasteiger partial charge on any atom is 0.0482 e. The third kappa shape index (κ3) is 6.31. The van der Waals surface area contributed by atoms with Crippen molar-refractivity contribution in [3.8, 4) is 22.3 Å². The number of rotatable bonds is 7. The zero-order valence-electron chi connectivity index (χ0n) is 23.0. The first-order valence-electron chi connectivity index (χ1n) is 13.9. The number of anilines is 5. The van der Waals surface area contributed by atoms with E-state index in [1.54, 1.807) is 0 Å². The molecule has 2 nitrogen and oxygen atoms in total. The fraction of sp³-hybridized carbons (Fsp3) is 0.0526. The standard InChI is InChI=1S/C36H28N2.C2H6/c1-4-11-28(12-5-1)30-19-23-34(24-20-30)38(35-25-21-31(22-26-35)29-13-6-2-7-14-29)36-18-10-17-33(27-36)37-32-15-8-3-9-16-32;1-2/h1-27,37H;1-2H3. The zero-order chi connectivity index (χ0) is 27.6. The second kappa shape index (κ2) is 13.1. The first-order valence-corrected chi connectivity index (χ1v) is 13.9.